The highest BCUT2D eigenvalue weighted by atomic mass is 16.5. The van der Waals surface area contributed by atoms with Crippen LogP contribution in [0.1, 0.15) is 24.2 Å². The van der Waals surface area contributed by atoms with Crippen LogP contribution in [-0.2, 0) is 0 Å². The van der Waals surface area contributed by atoms with E-state index in [0.29, 0.717) is 16.9 Å². The summed E-state index contributed by atoms with van der Waals surface area (Å²) in [4.78, 5) is 10.9. The average Bonchev–Trinajstić information content (AvgIpc) is 2.62. The summed E-state index contributed by atoms with van der Waals surface area (Å²) in [6, 6.07) is 5.36. The maximum Gasteiger partial charge on any atom is 0.153 e. The third kappa shape index (κ3) is 1.86. The summed E-state index contributed by atoms with van der Waals surface area (Å²) in [5.74, 6) is 0.605. The zero-order valence-electron chi connectivity index (χ0n) is 8.69. The van der Waals surface area contributed by atoms with Gasteiger partial charge in [-0.25, -0.2) is 0 Å². The molecule has 0 saturated carbocycles. The smallest absolute Gasteiger partial charge is 0.153 e. The van der Waals surface area contributed by atoms with Gasteiger partial charge in [0.1, 0.15) is 11.3 Å². The summed E-state index contributed by atoms with van der Waals surface area (Å²) in [6.07, 6.45) is 2.42. The lowest BCUT2D eigenvalue weighted by molar-refractivity contribution is 0.111. The van der Waals surface area contributed by atoms with Crippen LogP contribution in [0.2, 0.25) is 0 Å². The molecule has 1 aromatic carbocycles. The predicted octanol–water partition coefficient (Wildman–Crippen LogP) is 3.03. The Balaban J connectivity index is 2.54. The number of hydrogen-bond donors (Lipinski definition) is 0. The minimum atomic E-state index is 0.0491. The van der Waals surface area contributed by atoms with E-state index in [-0.39, 0.29) is 6.10 Å². The van der Waals surface area contributed by atoms with Gasteiger partial charge in [-0.15, -0.1) is 0 Å². The Hall–Kier alpha value is -1.77. The first-order valence-corrected chi connectivity index (χ1v) is 4.84. The second-order valence-corrected chi connectivity index (χ2v) is 3.63. The summed E-state index contributed by atoms with van der Waals surface area (Å²) in [7, 11) is 0. The molecule has 3 nitrogen and oxygen atoms in total. The van der Waals surface area contributed by atoms with Gasteiger partial charge < -0.3 is 9.15 Å². The molecule has 0 fully saturated rings. The summed E-state index contributed by atoms with van der Waals surface area (Å²) in [5.41, 5.74) is 1.22. The number of benzene rings is 1. The number of furan rings is 1. The van der Waals surface area contributed by atoms with E-state index in [1.54, 1.807) is 12.3 Å². The van der Waals surface area contributed by atoms with Crippen LogP contribution in [0.15, 0.2) is 28.9 Å². The summed E-state index contributed by atoms with van der Waals surface area (Å²) in [6.45, 7) is 3.85. The van der Waals surface area contributed by atoms with Crippen LogP contribution in [-0.4, -0.2) is 12.4 Å². The van der Waals surface area contributed by atoms with Gasteiger partial charge in [-0.3, -0.25) is 4.79 Å². The van der Waals surface area contributed by atoms with Crippen molar-refractivity contribution in [3.63, 3.8) is 0 Å². The van der Waals surface area contributed by atoms with Gasteiger partial charge in [0.25, 0.3) is 0 Å². The Morgan fingerprint density at radius 1 is 1.40 bits per heavy atom. The number of carbonyl (C=O) groups is 1. The Morgan fingerprint density at radius 2 is 2.20 bits per heavy atom. The molecule has 0 amide bonds. The molecule has 0 aliphatic heterocycles. The van der Waals surface area contributed by atoms with Crippen molar-refractivity contribution in [1.82, 2.24) is 0 Å². The van der Waals surface area contributed by atoms with E-state index in [0.717, 1.165) is 11.7 Å². The van der Waals surface area contributed by atoms with E-state index in [1.807, 2.05) is 26.0 Å². The molecule has 0 bridgehead atoms. The molecule has 0 aliphatic rings. The van der Waals surface area contributed by atoms with Gasteiger partial charge in [-0.05, 0) is 32.0 Å². The summed E-state index contributed by atoms with van der Waals surface area (Å²) >= 11 is 0. The number of aldehydes is 1. The SMILES string of the molecule is CC(C)Oc1cc2ccoc2cc1C=O. The zero-order valence-corrected chi connectivity index (χ0v) is 8.69. The third-order valence-electron chi connectivity index (χ3n) is 2.07. The highest BCUT2D eigenvalue weighted by Gasteiger charge is 2.08. The van der Waals surface area contributed by atoms with Crippen molar-refractivity contribution in [1.29, 1.82) is 0 Å². The van der Waals surface area contributed by atoms with Gasteiger partial charge in [0.15, 0.2) is 6.29 Å². The first-order chi connectivity index (χ1) is 7.20. The minimum absolute atomic E-state index is 0.0491. The van der Waals surface area contributed by atoms with Crippen LogP contribution >= 0.6 is 0 Å². The Morgan fingerprint density at radius 3 is 2.87 bits per heavy atom. The van der Waals surface area contributed by atoms with Crippen LogP contribution in [0.5, 0.6) is 5.75 Å². The number of fused-ring (bicyclic) bond motifs is 1. The van der Waals surface area contributed by atoms with E-state index < -0.39 is 0 Å². The average molecular weight is 204 g/mol. The molecule has 0 atom stereocenters. The van der Waals surface area contributed by atoms with Gasteiger partial charge in [-0.2, -0.15) is 0 Å². The van der Waals surface area contributed by atoms with Gasteiger partial charge in [0, 0.05) is 5.39 Å². The Bertz CT molecular complexity index is 483. The number of ether oxygens (including phenoxy) is 1. The Kier molecular flexibility index (Phi) is 2.46. The van der Waals surface area contributed by atoms with Crippen molar-refractivity contribution in [2.24, 2.45) is 0 Å². The van der Waals surface area contributed by atoms with E-state index in [9.17, 15) is 4.79 Å². The molecule has 1 aromatic heterocycles. The fraction of sp³-hybridized carbons (Fsp3) is 0.250. The summed E-state index contributed by atoms with van der Waals surface area (Å²) in [5, 5.41) is 0.941. The monoisotopic (exact) mass is 204 g/mol. The lowest BCUT2D eigenvalue weighted by Crippen LogP contribution is -2.07. The molecule has 2 aromatic rings. The van der Waals surface area contributed by atoms with E-state index in [4.69, 9.17) is 9.15 Å². The van der Waals surface area contributed by atoms with Gasteiger partial charge in [-0.1, -0.05) is 0 Å². The van der Waals surface area contributed by atoms with Crippen molar-refractivity contribution < 1.29 is 13.9 Å². The van der Waals surface area contributed by atoms with Crippen molar-refractivity contribution in [2.45, 2.75) is 20.0 Å². The highest BCUT2D eigenvalue weighted by Crippen LogP contribution is 2.26. The summed E-state index contributed by atoms with van der Waals surface area (Å²) < 4.78 is 10.7. The molecule has 0 spiro atoms. The molecule has 0 radical (unpaired) electrons. The quantitative estimate of drug-likeness (QED) is 0.721. The molecule has 1 heterocycles. The van der Waals surface area contributed by atoms with Gasteiger partial charge >= 0.3 is 0 Å². The molecule has 15 heavy (non-hydrogen) atoms. The van der Waals surface area contributed by atoms with Crippen molar-refractivity contribution in [3.05, 3.63) is 30.0 Å². The van der Waals surface area contributed by atoms with Crippen LogP contribution in [0.25, 0.3) is 11.0 Å². The van der Waals surface area contributed by atoms with Crippen LogP contribution in [0.3, 0.4) is 0 Å². The normalized spacial score (nSPS) is 10.9. The number of hydrogen-bond acceptors (Lipinski definition) is 3. The second kappa shape index (κ2) is 3.77. The van der Waals surface area contributed by atoms with Gasteiger partial charge in [0.2, 0.25) is 0 Å². The molecule has 3 heteroatoms. The number of carbonyl (C=O) groups excluding carboxylic acids is 1. The third-order valence-corrected chi connectivity index (χ3v) is 2.07. The van der Waals surface area contributed by atoms with Crippen molar-refractivity contribution in [2.75, 3.05) is 0 Å². The fourth-order valence-electron chi connectivity index (χ4n) is 1.45. The molecule has 0 saturated heterocycles. The largest absolute Gasteiger partial charge is 0.490 e. The molecular formula is C12H12O3. The van der Waals surface area contributed by atoms with Crippen LogP contribution in [0, 0.1) is 0 Å². The molecular weight excluding hydrogens is 192 g/mol. The molecule has 0 N–H and O–H groups in total. The molecule has 0 aliphatic carbocycles. The predicted molar refractivity (Wildman–Crippen MR) is 57.4 cm³/mol. The number of rotatable bonds is 3. The highest BCUT2D eigenvalue weighted by molar-refractivity contribution is 5.89. The Labute approximate surface area is 87.6 Å². The second-order valence-electron chi connectivity index (χ2n) is 3.63. The minimum Gasteiger partial charge on any atom is -0.490 e. The van der Waals surface area contributed by atoms with Crippen LogP contribution < -0.4 is 4.74 Å². The first-order valence-electron chi connectivity index (χ1n) is 4.84. The zero-order chi connectivity index (χ0) is 10.8. The topological polar surface area (TPSA) is 39.4 Å². The standard InChI is InChI=1S/C12H12O3/c1-8(2)15-12-5-9-3-4-14-11(9)6-10(12)7-13/h3-8H,1-2H3. The van der Waals surface area contributed by atoms with Gasteiger partial charge in [0.05, 0.1) is 17.9 Å². The van der Waals surface area contributed by atoms with E-state index >= 15 is 0 Å². The maximum atomic E-state index is 10.9. The lowest BCUT2D eigenvalue weighted by Gasteiger charge is -2.11. The van der Waals surface area contributed by atoms with E-state index in [2.05, 4.69) is 0 Å². The van der Waals surface area contributed by atoms with Crippen molar-refractivity contribution in [3.8, 4) is 5.75 Å². The fourth-order valence-corrected chi connectivity index (χ4v) is 1.45. The lowest BCUT2D eigenvalue weighted by atomic mass is 10.1. The maximum absolute atomic E-state index is 10.9. The molecule has 0 unspecified atom stereocenters. The molecule has 2 rings (SSSR count). The molecule has 78 valence electrons. The first kappa shape index (κ1) is 9.77. The van der Waals surface area contributed by atoms with Crippen LogP contribution in [0.4, 0.5) is 0 Å². The van der Waals surface area contributed by atoms with Crippen molar-refractivity contribution >= 4 is 17.3 Å². The van der Waals surface area contributed by atoms with E-state index in [1.165, 1.54) is 0 Å².